The Morgan fingerprint density at radius 1 is 1.15 bits per heavy atom. The van der Waals surface area contributed by atoms with Crippen molar-refractivity contribution in [3.8, 4) is 0 Å². The van der Waals surface area contributed by atoms with Crippen LogP contribution < -0.4 is 0 Å². The molecular formula is C11H8N2. The first kappa shape index (κ1) is 6.66. The fourth-order valence-corrected chi connectivity index (χ4v) is 1.73. The highest BCUT2D eigenvalue weighted by Gasteiger charge is 2.05. The van der Waals surface area contributed by atoms with Crippen LogP contribution in [0.1, 0.15) is 11.1 Å². The van der Waals surface area contributed by atoms with E-state index in [1.807, 2.05) is 30.8 Å². The molecule has 1 aromatic carbocycles. The second kappa shape index (κ2) is 2.33. The van der Waals surface area contributed by atoms with E-state index in [1.54, 1.807) is 0 Å². The van der Waals surface area contributed by atoms with Gasteiger partial charge in [0.25, 0.3) is 0 Å². The average Bonchev–Trinajstić information content (AvgIpc) is 2.44. The van der Waals surface area contributed by atoms with Crippen LogP contribution in [0.2, 0.25) is 0 Å². The number of benzene rings is 1. The van der Waals surface area contributed by atoms with Gasteiger partial charge in [-0.25, -0.2) is 0 Å². The summed E-state index contributed by atoms with van der Waals surface area (Å²) < 4.78 is 0. The molecule has 1 N–H and O–H groups in total. The zero-order chi connectivity index (χ0) is 8.67. The first-order chi connectivity index (χ1) is 6.45. The molecular weight excluding hydrogens is 160 g/mol. The van der Waals surface area contributed by atoms with Gasteiger partial charge < -0.3 is 4.98 Å². The highest BCUT2D eigenvalue weighted by atomic mass is 14.7. The van der Waals surface area contributed by atoms with Crippen molar-refractivity contribution in [2.24, 2.45) is 4.99 Å². The molecule has 0 saturated heterocycles. The predicted molar refractivity (Wildman–Crippen MR) is 54.9 cm³/mol. The fourth-order valence-electron chi connectivity index (χ4n) is 1.73. The minimum Gasteiger partial charge on any atom is -0.361 e. The summed E-state index contributed by atoms with van der Waals surface area (Å²) in [6.07, 6.45) is 7.75. The summed E-state index contributed by atoms with van der Waals surface area (Å²) in [7, 11) is 0. The Morgan fingerprint density at radius 3 is 3.15 bits per heavy atom. The third-order valence-corrected chi connectivity index (χ3v) is 2.32. The number of nitrogens with zero attached hydrogens (tertiary/aromatic N) is 1. The number of hydrogen-bond acceptors (Lipinski definition) is 1. The van der Waals surface area contributed by atoms with E-state index in [2.05, 4.69) is 22.1 Å². The Balaban J connectivity index is 2.56. The van der Waals surface area contributed by atoms with Crippen molar-refractivity contribution in [2.75, 3.05) is 0 Å². The van der Waals surface area contributed by atoms with Gasteiger partial charge in [0, 0.05) is 40.6 Å². The maximum Gasteiger partial charge on any atom is 0.0466 e. The van der Waals surface area contributed by atoms with Crippen LogP contribution in [0.5, 0.6) is 0 Å². The van der Waals surface area contributed by atoms with Crippen molar-refractivity contribution in [2.45, 2.75) is 0 Å². The van der Waals surface area contributed by atoms with Gasteiger partial charge in [-0.05, 0) is 12.1 Å². The van der Waals surface area contributed by atoms with Crippen LogP contribution in [0, 0.1) is 0 Å². The molecule has 2 heteroatoms. The summed E-state index contributed by atoms with van der Waals surface area (Å²) in [6.45, 7) is 0. The van der Waals surface area contributed by atoms with Crippen molar-refractivity contribution in [1.82, 2.24) is 4.98 Å². The highest BCUT2D eigenvalue weighted by Crippen LogP contribution is 2.24. The smallest absolute Gasteiger partial charge is 0.0466 e. The quantitative estimate of drug-likeness (QED) is 0.626. The van der Waals surface area contributed by atoms with Crippen LogP contribution in [0.15, 0.2) is 35.6 Å². The predicted octanol–water partition coefficient (Wildman–Crippen LogP) is 2.57. The molecule has 0 aliphatic carbocycles. The van der Waals surface area contributed by atoms with Gasteiger partial charge in [-0.2, -0.15) is 0 Å². The Hall–Kier alpha value is -1.83. The average molecular weight is 168 g/mol. The lowest BCUT2D eigenvalue weighted by atomic mass is 10.1. The highest BCUT2D eigenvalue weighted by molar-refractivity contribution is 6.04. The molecule has 2 nitrogen and oxygen atoms in total. The van der Waals surface area contributed by atoms with Crippen molar-refractivity contribution in [3.05, 3.63) is 41.7 Å². The largest absolute Gasteiger partial charge is 0.361 e. The van der Waals surface area contributed by atoms with Crippen LogP contribution in [-0.2, 0) is 0 Å². The standard InChI is InChI=1S/C11H8N2/c1-2-8-6-12-5-4-9-7-13-10(3-1)11(8)9/h1-7,13H. The molecule has 0 saturated carbocycles. The van der Waals surface area contributed by atoms with Crippen LogP contribution >= 0.6 is 0 Å². The zero-order valence-electron chi connectivity index (χ0n) is 6.99. The van der Waals surface area contributed by atoms with Gasteiger partial charge in [-0.3, -0.25) is 4.99 Å². The van der Waals surface area contributed by atoms with E-state index in [0.717, 1.165) is 0 Å². The van der Waals surface area contributed by atoms with E-state index in [1.165, 1.54) is 22.0 Å². The molecule has 0 radical (unpaired) electrons. The summed E-state index contributed by atoms with van der Waals surface area (Å²) in [5.41, 5.74) is 3.56. The van der Waals surface area contributed by atoms with E-state index in [-0.39, 0.29) is 0 Å². The van der Waals surface area contributed by atoms with Gasteiger partial charge in [0.05, 0.1) is 0 Å². The Morgan fingerprint density at radius 2 is 2.15 bits per heavy atom. The molecule has 0 atom stereocenters. The zero-order valence-corrected chi connectivity index (χ0v) is 6.99. The van der Waals surface area contributed by atoms with Crippen LogP contribution in [0.3, 0.4) is 0 Å². The van der Waals surface area contributed by atoms with E-state index >= 15 is 0 Å². The summed E-state index contributed by atoms with van der Waals surface area (Å²) >= 11 is 0. The van der Waals surface area contributed by atoms with Crippen molar-refractivity contribution in [1.29, 1.82) is 0 Å². The molecule has 1 aliphatic heterocycles. The van der Waals surface area contributed by atoms with E-state index in [4.69, 9.17) is 0 Å². The normalized spacial score (nSPS) is 13.5. The lowest BCUT2D eigenvalue weighted by molar-refractivity contribution is 1.47. The first-order valence-corrected chi connectivity index (χ1v) is 4.25. The number of H-pyrrole nitrogens is 1. The number of nitrogens with one attached hydrogen (secondary N) is 1. The third kappa shape index (κ3) is 0.855. The molecule has 13 heavy (non-hydrogen) atoms. The summed E-state index contributed by atoms with van der Waals surface area (Å²) in [4.78, 5) is 7.40. The fraction of sp³-hybridized carbons (Fsp3) is 0. The molecule has 0 amide bonds. The molecule has 3 rings (SSSR count). The Labute approximate surface area is 75.6 Å². The topological polar surface area (TPSA) is 28.1 Å². The van der Waals surface area contributed by atoms with Gasteiger partial charge in [-0.1, -0.05) is 12.1 Å². The SMILES string of the molecule is C1=Cc2c[nH]c3cccc(c23)C=N1. The molecule has 62 valence electrons. The van der Waals surface area contributed by atoms with Crippen molar-refractivity contribution in [3.63, 3.8) is 0 Å². The minimum absolute atomic E-state index is 1.17. The van der Waals surface area contributed by atoms with Gasteiger partial charge in [-0.15, -0.1) is 0 Å². The molecule has 2 aromatic rings. The minimum atomic E-state index is 1.17. The van der Waals surface area contributed by atoms with Crippen LogP contribution in [0.4, 0.5) is 0 Å². The van der Waals surface area contributed by atoms with Crippen LogP contribution in [-0.4, -0.2) is 11.2 Å². The van der Waals surface area contributed by atoms with Crippen LogP contribution in [0.25, 0.3) is 17.0 Å². The molecule has 0 unspecified atom stereocenters. The molecule has 0 fully saturated rings. The Bertz CT molecular complexity index is 518. The van der Waals surface area contributed by atoms with Gasteiger partial charge in [0.2, 0.25) is 0 Å². The van der Waals surface area contributed by atoms with E-state index < -0.39 is 0 Å². The van der Waals surface area contributed by atoms with Crippen molar-refractivity contribution < 1.29 is 0 Å². The summed E-state index contributed by atoms with van der Waals surface area (Å²) in [5.74, 6) is 0. The van der Waals surface area contributed by atoms with Gasteiger partial charge in [0.15, 0.2) is 0 Å². The number of aromatic nitrogens is 1. The monoisotopic (exact) mass is 168 g/mol. The maximum atomic E-state index is 4.16. The second-order valence-corrected chi connectivity index (χ2v) is 3.11. The molecule has 2 heterocycles. The first-order valence-electron chi connectivity index (χ1n) is 4.25. The second-order valence-electron chi connectivity index (χ2n) is 3.11. The third-order valence-electron chi connectivity index (χ3n) is 2.32. The number of rotatable bonds is 0. The van der Waals surface area contributed by atoms with Crippen molar-refractivity contribution >= 4 is 23.2 Å². The summed E-state index contributed by atoms with van der Waals surface area (Å²) in [5, 5.41) is 1.26. The molecule has 1 aromatic heterocycles. The molecule has 1 aliphatic rings. The van der Waals surface area contributed by atoms with Gasteiger partial charge >= 0.3 is 0 Å². The number of aromatic amines is 1. The van der Waals surface area contributed by atoms with E-state index in [9.17, 15) is 0 Å². The molecule has 0 spiro atoms. The number of aliphatic imine (C=N–C) groups is 1. The Kier molecular flexibility index (Phi) is 1.19. The lowest BCUT2D eigenvalue weighted by Crippen LogP contribution is -1.80. The van der Waals surface area contributed by atoms with Gasteiger partial charge in [0.1, 0.15) is 0 Å². The number of hydrogen-bond donors (Lipinski definition) is 1. The maximum absolute atomic E-state index is 4.16. The summed E-state index contributed by atoms with van der Waals surface area (Å²) in [6, 6.07) is 6.20. The lowest BCUT2D eigenvalue weighted by Gasteiger charge is -1.95. The van der Waals surface area contributed by atoms with E-state index in [0.29, 0.717) is 0 Å². The molecule has 0 bridgehead atoms.